The van der Waals surface area contributed by atoms with Gasteiger partial charge in [0.15, 0.2) is 0 Å². The summed E-state index contributed by atoms with van der Waals surface area (Å²) in [5.41, 5.74) is 1.34. The minimum atomic E-state index is -3.74. The maximum absolute atomic E-state index is 14.6. The van der Waals surface area contributed by atoms with Crippen molar-refractivity contribution < 1.29 is 27.5 Å². The molecule has 10 nitrogen and oxygen atoms in total. The van der Waals surface area contributed by atoms with Gasteiger partial charge in [0, 0.05) is 43.5 Å². The van der Waals surface area contributed by atoms with E-state index in [2.05, 4.69) is 15.6 Å². The van der Waals surface area contributed by atoms with Crippen LogP contribution in [0.5, 0.6) is 0 Å². The van der Waals surface area contributed by atoms with Crippen LogP contribution in [0.1, 0.15) is 64.2 Å². The molecule has 3 aromatic carbocycles. The van der Waals surface area contributed by atoms with E-state index in [1.165, 1.54) is 45.3 Å². The fourth-order valence-corrected chi connectivity index (χ4v) is 5.72. The quantitative estimate of drug-likeness (QED) is 0.170. The van der Waals surface area contributed by atoms with Gasteiger partial charge in [0.05, 0.1) is 42.0 Å². The minimum Gasteiger partial charge on any atom is -0.389 e. The van der Waals surface area contributed by atoms with Crippen molar-refractivity contribution in [3.05, 3.63) is 125 Å². The van der Waals surface area contributed by atoms with Crippen LogP contribution in [0.3, 0.4) is 0 Å². The van der Waals surface area contributed by atoms with Gasteiger partial charge >= 0.3 is 0 Å². The summed E-state index contributed by atoms with van der Waals surface area (Å²) in [7, 11) is -0.662. The predicted octanol–water partition coefficient (Wildman–Crippen LogP) is 5.01. The summed E-state index contributed by atoms with van der Waals surface area (Å²) in [6, 6.07) is 23.4. The molecule has 0 aliphatic heterocycles. The van der Waals surface area contributed by atoms with Crippen LogP contribution >= 0.6 is 0 Å². The maximum Gasteiger partial charge on any atom is 0.251 e. The molecular formula is C37H44FN5O5S. The summed E-state index contributed by atoms with van der Waals surface area (Å²) < 4.78 is 40.6. The summed E-state index contributed by atoms with van der Waals surface area (Å²) in [6.45, 7) is 4.77. The number of alkyl halides is 1. The third kappa shape index (κ3) is 10.1. The number of nitrogens with one attached hydrogen (secondary N) is 2. The van der Waals surface area contributed by atoms with Crippen LogP contribution in [-0.2, 0) is 22.1 Å². The zero-order chi connectivity index (χ0) is 35.9. The Labute approximate surface area is 288 Å². The van der Waals surface area contributed by atoms with E-state index in [1.807, 2.05) is 67.6 Å². The Morgan fingerprint density at radius 2 is 1.45 bits per heavy atom. The highest BCUT2D eigenvalue weighted by molar-refractivity contribution is 7.92. The fourth-order valence-electron chi connectivity index (χ4n) is 5.23. The van der Waals surface area contributed by atoms with Crippen LogP contribution in [-0.4, -0.2) is 69.4 Å². The van der Waals surface area contributed by atoms with Gasteiger partial charge in [-0.25, -0.2) is 12.8 Å². The van der Waals surface area contributed by atoms with Gasteiger partial charge < -0.3 is 20.6 Å². The summed E-state index contributed by atoms with van der Waals surface area (Å²) in [4.78, 5) is 33.3. The molecule has 0 unspecified atom stereocenters. The number of benzene rings is 3. The number of halogens is 1. The van der Waals surface area contributed by atoms with Crippen molar-refractivity contribution in [1.29, 1.82) is 0 Å². The standard InChI is InChI=1S/C37H44FN5O5S/c1-25(27-15-11-8-12-16-27)40-35(45)28-18-29(20-31(19-28)43(5)49(6,47)48)36(46)41-33(17-26-13-9-7-10-14-26)34(44)24-42(4)32-21-30(22-39-23-32)37(2,3)38/h7-16,18-23,25,33-34,44H,17,24H2,1-6H3,(H,40,45)(H,41,46)/t25-,33+,34-/m1/s1. The van der Waals surface area contributed by atoms with Crippen molar-refractivity contribution in [2.45, 2.75) is 51.0 Å². The molecule has 1 heterocycles. The Balaban J connectivity index is 1.64. The number of rotatable bonds is 14. The summed E-state index contributed by atoms with van der Waals surface area (Å²) in [6.07, 6.45) is 3.22. The lowest BCUT2D eigenvalue weighted by Gasteiger charge is -2.30. The molecule has 260 valence electrons. The number of hydrogen-bond acceptors (Lipinski definition) is 7. The van der Waals surface area contributed by atoms with Crippen LogP contribution in [0.15, 0.2) is 97.3 Å². The molecule has 2 amide bonds. The number of carbonyl (C=O) groups excluding carboxylic acids is 2. The van der Waals surface area contributed by atoms with Crippen molar-refractivity contribution in [3.63, 3.8) is 0 Å². The Hall–Kier alpha value is -4.81. The normalized spacial score (nSPS) is 13.6. The molecule has 3 atom stereocenters. The number of likely N-dealkylation sites (N-methyl/N-ethyl adjacent to an activating group) is 1. The van der Waals surface area contributed by atoms with E-state index in [0.717, 1.165) is 21.7 Å². The smallest absolute Gasteiger partial charge is 0.251 e. The van der Waals surface area contributed by atoms with Gasteiger partial charge in [0.25, 0.3) is 11.8 Å². The Bertz CT molecular complexity index is 1850. The van der Waals surface area contributed by atoms with Gasteiger partial charge in [-0.15, -0.1) is 0 Å². The molecule has 0 saturated carbocycles. The average Bonchev–Trinajstić information content (AvgIpc) is 3.07. The summed E-state index contributed by atoms with van der Waals surface area (Å²) in [5, 5.41) is 17.4. The van der Waals surface area contributed by atoms with Crippen LogP contribution in [0.25, 0.3) is 0 Å². The van der Waals surface area contributed by atoms with Gasteiger partial charge in [-0.2, -0.15) is 0 Å². The molecule has 0 bridgehead atoms. The number of amides is 2. The second-order valence-corrected chi connectivity index (χ2v) is 14.7. The third-order valence-corrected chi connectivity index (χ3v) is 9.55. The van der Waals surface area contributed by atoms with E-state index in [1.54, 1.807) is 24.2 Å². The van der Waals surface area contributed by atoms with Gasteiger partial charge in [0.1, 0.15) is 5.67 Å². The van der Waals surface area contributed by atoms with Crippen LogP contribution in [0.4, 0.5) is 15.8 Å². The second kappa shape index (κ2) is 15.6. The average molecular weight is 690 g/mol. The SMILES string of the molecule is C[C@@H](NC(=O)c1cc(C(=O)N[C@@H](Cc2ccccc2)[C@H](O)CN(C)c2cncc(C(C)(C)F)c2)cc(N(C)S(C)(=O)=O)c1)c1ccccc1. The molecule has 0 fully saturated rings. The van der Waals surface area contributed by atoms with Gasteiger partial charge in [-0.1, -0.05) is 60.7 Å². The number of aliphatic hydroxyl groups excluding tert-OH is 1. The molecule has 0 spiro atoms. The summed E-state index contributed by atoms with van der Waals surface area (Å²) in [5.74, 6) is -1.11. The molecule has 4 aromatic rings. The number of sulfonamides is 1. The topological polar surface area (TPSA) is 132 Å². The molecule has 3 N–H and O–H groups in total. The van der Waals surface area contributed by atoms with E-state index in [-0.39, 0.29) is 35.8 Å². The molecule has 1 aromatic heterocycles. The van der Waals surface area contributed by atoms with Gasteiger partial charge in [-0.3, -0.25) is 18.9 Å². The first-order valence-electron chi connectivity index (χ1n) is 15.9. The predicted molar refractivity (Wildman–Crippen MR) is 191 cm³/mol. The number of carbonyl (C=O) groups is 2. The van der Waals surface area contributed by atoms with E-state index in [9.17, 15) is 27.5 Å². The number of aliphatic hydroxyl groups is 1. The number of pyridine rings is 1. The van der Waals surface area contributed by atoms with Gasteiger partial charge in [-0.05, 0) is 62.6 Å². The molecule has 12 heteroatoms. The zero-order valence-electron chi connectivity index (χ0n) is 28.6. The van der Waals surface area contributed by atoms with E-state index in [0.29, 0.717) is 11.3 Å². The highest BCUT2D eigenvalue weighted by Gasteiger charge is 2.27. The van der Waals surface area contributed by atoms with Crippen LogP contribution in [0.2, 0.25) is 0 Å². The number of hydrogen-bond donors (Lipinski definition) is 3. The molecule has 0 radical (unpaired) electrons. The van der Waals surface area contributed by atoms with Crippen molar-refractivity contribution in [2.24, 2.45) is 0 Å². The first kappa shape index (κ1) is 37.0. The zero-order valence-corrected chi connectivity index (χ0v) is 29.4. The van der Waals surface area contributed by atoms with Gasteiger partial charge in [0.2, 0.25) is 10.0 Å². The highest BCUT2D eigenvalue weighted by Crippen LogP contribution is 2.27. The monoisotopic (exact) mass is 689 g/mol. The molecular weight excluding hydrogens is 646 g/mol. The van der Waals surface area contributed by atoms with Crippen molar-refractivity contribution >= 4 is 33.2 Å². The first-order valence-corrected chi connectivity index (χ1v) is 17.7. The second-order valence-electron chi connectivity index (χ2n) is 12.7. The van der Waals surface area contributed by atoms with Crippen LogP contribution < -0.4 is 19.8 Å². The Morgan fingerprint density at radius 3 is 2.02 bits per heavy atom. The molecule has 0 aliphatic rings. The van der Waals surface area contributed by atoms with Crippen molar-refractivity contribution in [2.75, 3.05) is 36.1 Å². The van der Waals surface area contributed by atoms with E-state index >= 15 is 0 Å². The maximum atomic E-state index is 14.6. The highest BCUT2D eigenvalue weighted by atomic mass is 32.2. The lowest BCUT2D eigenvalue weighted by Crippen LogP contribution is -2.49. The third-order valence-electron chi connectivity index (χ3n) is 8.34. The fraction of sp³-hybridized carbons (Fsp3) is 0.324. The first-order chi connectivity index (χ1) is 23.0. The lowest BCUT2D eigenvalue weighted by molar-refractivity contribution is 0.0843. The van der Waals surface area contributed by atoms with E-state index < -0.39 is 39.7 Å². The van der Waals surface area contributed by atoms with Crippen molar-refractivity contribution in [1.82, 2.24) is 15.6 Å². The number of nitrogens with zero attached hydrogens (tertiary/aromatic N) is 3. The summed E-state index contributed by atoms with van der Waals surface area (Å²) >= 11 is 0. The lowest BCUT2D eigenvalue weighted by atomic mass is 9.99. The van der Waals surface area contributed by atoms with Crippen LogP contribution in [0, 0.1) is 0 Å². The molecule has 0 aliphatic carbocycles. The number of aromatic nitrogens is 1. The Morgan fingerprint density at radius 1 is 0.878 bits per heavy atom. The molecule has 49 heavy (non-hydrogen) atoms. The van der Waals surface area contributed by atoms with E-state index in [4.69, 9.17) is 0 Å². The number of anilines is 2. The van der Waals surface area contributed by atoms with Crippen molar-refractivity contribution in [3.8, 4) is 0 Å². The minimum absolute atomic E-state index is 0.0335. The molecule has 4 rings (SSSR count). The Kier molecular flexibility index (Phi) is 11.8. The largest absolute Gasteiger partial charge is 0.389 e. The molecule has 0 saturated heterocycles.